The van der Waals surface area contributed by atoms with Gasteiger partial charge in [-0.05, 0) is 48.4 Å². The minimum atomic E-state index is -1.24. The summed E-state index contributed by atoms with van der Waals surface area (Å²) in [5.41, 5.74) is 3.27. The number of amides is 2. The van der Waals surface area contributed by atoms with Crippen molar-refractivity contribution in [3.63, 3.8) is 0 Å². The van der Waals surface area contributed by atoms with E-state index in [9.17, 15) is 19.5 Å². The topological polar surface area (TPSA) is 95.9 Å². The third-order valence-electron chi connectivity index (χ3n) is 6.88. The van der Waals surface area contributed by atoms with Crippen LogP contribution < -0.4 is 5.32 Å². The Morgan fingerprint density at radius 2 is 1.73 bits per heavy atom. The van der Waals surface area contributed by atoms with Crippen LogP contribution in [-0.4, -0.2) is 52.7 Å². The molecule has 7 heteroatoms. The largest absolute Gasteiger partial charge is 0.480 e. The number of hydrogen-bond donors (Lipinski definition) is 2. The number of carboxylic acids is 1. The Morgan fingerprint density at radius 3 is 2.30 bits per heavy atom. The maximum atomic E-state index is 13.2. The molecular weight excluding hydrogens is 420 g/mol. The van der Waals surface area contributed by atoms with E-state index in [4.69, 9.17) is 4.74 Å². The molecule has 1 fully saturated rings. The van der Waals surface area contributed by atoms with Crippen molar-refractivity contribution in [3.8, 4) is 11.1 Å². The number of carbonyl (C=O) groups is 3. The zero-order valence-corrected chi connectivity index (χ0v) is 19.0. The van der Waals surface area contributed by atoms with Crippen molar-refractivity contribution in [1.82, 2.24) is 10.2 Å². The van der Waals surface area contributed by atoms with Gasteiger partial charge in [0.25, 0.3) is 0 Å². The van der Waals surface area contributed by atoms with Gasteiger partial charge in [-0.3, -0.25) is 4.79 Å². The minimum Gasteiger partial charge on any atom is -0.480 e. The van der Waals surface area contributed by atoms with Gasteiger partial charge in [-0.2, -0.15) is 0 Å². The van der Waals surface area contributed by atoms with E-state index in [1.54, 1.807) is 6.92 Å². The van der Waals surface area contributed by atoms with Gasteiger partial charge in [0.1, 0.15) is 18.2 Å². The number of carbonyl (C=O) groups excluding carboxylic acids is 2. The number of hydrogen-bond acceptors (Lipinski definition) is 4. The summed E-state index contributed by atoms with van der Waals surface area (Å²) in [7, 11) is 0. The van der Waals surface area contributed by atoms with Gasteiger partial charge in [-0.1, -0.05) is 61.9 Å². The summed E-state index contributed by atoms with van der Waals surface area (Å²) >= 11 is 0. The van der Waals surface area contributed by atoms with Crippen LogP contribution in [0.5, 0.6) is 0 Å². The number of nitrogens with one attached hydrogen (secondary N) is 1. The predicted octanol–water partition coefficient (Wildman–Crippen LogP) is 4.16. The molecule has 0 aromatic heterocycles. The summed E-state index contributed by atoms with van der Waals surface area (Å²) in [4.78, 5) is 39.0. The van der Waals surface area contributed by atoms with Crippen molar-refractivity contribution >= 4 is 18.0 Å². The van der Waals surface area contributed by atoms with E-state index in [2.05, 4.69) is 17.4 Å². The van der Waals surface area contributed by atoms with E-state index in [-0.39, 0.29) is 18.4 Å². The molecule has 2 aliphatic rings. The first-order chi connectivity index (χ1) is 15.9. The molecule has 0 bridgehead atoms. The number of nitrogens with zero attached hydrogens (tertiary/aromatic N) is 1. The molecule has 1 heterocycles. The van der Waals surface area contributed by atoms with Crippen molar-refractivity contribution in [2.45, 2.75) is 57.0 Å². The summed E-state index contributed by atoms with van der Waals surface area (Å²) in [5.74, 6) is -1.46. The quantitative estimate of drug-likeness (QED) is 0.660. The fraction of sp³-hybridized carbons (Fsp3) is 0.423. The fourth-order valence-electron chi connectivity index (χ4n) is 5.06. The summed E-state index contributed by atoms with van der Waals surface area (Å²) in [6, 6.07) is 15.4. The molecule has 174 valence electrons. The van der Waals surface area contributed by atoms with E-state index >= 15 is 0 Å². The van der Waals surface area contributed by atoms with Gasteiger partial charge in [-0.15, -0.1) is 0 Å². The minimum absolute atomic E-state index is 0.0719. The van der Waals surface area contributed by atoms with E-state index in [0.29, 0.717) is 32.2 Å². The molecule has 1 aliphatic heterocycles. The Bertz CT molecular complexity index is 1020. The smallest absolute Gasteiger partial charge is 0.407 e. The highest BCUT2D eigenvalue weighted by Crippen LogP contribution is 2.44. The van der Waals surface area contributed by atoms with Gasteiger partial charge in [0, 0.05) is 12.5 Å². The van der Waals surface area contributed by atoms with Crippen molar-refractivity contribution in [2.75, 3.05) is 13.2 Å². The van der Waals surface area contributed by atoms with Gasteiger partial charge in [0.2, 0.25) is 5.91 Å². The van der Waals surface area contributed by atoms with Gasteiger partial charge in [-0.25, -0.2) is 9.59 Å². The SMILES string of the molecule is CCCC(NC(=O)OCC1c2ccccc2-c2ccccc21)C(=O)N1CCC[C@@]1(C)C(=O)O. The lowest BCUT2D eigenvalue weighted by Gasteiger charge is -2.34. The van der Waals surface area contributed by atoms with Crippen molar-refractivity contribution in [3.05, 3.63) is 59.7 Å². The standard InChI is InChI=1S/C26H30N2O5/c1-3-9-22(23(29)28-15-8-14-26(28,2)24(30)31)27-25(32)33-16-21-19-12-6-4-10-17(19)18-11-5-7-13-20(18)21/h4-7,10-13,21-22H,3,8-9,14-16H2,1-2H3,(H,27,32)(H,30,31)/t22?,26-/m0/s1. The predicted molar refractivity (Wildman–Crippen MR) is 124 cm³/mol. The number of rotatable bonds is 7. The summed E-state index contributed by atoms with van der Waals surface area (Å²) < 4.78 is 5.59. The molecule has 0 spiro atoms. The lowest BCUT2D eigenvalue weighted by atomic mass is 9.98. The number of carboxylic acid groups (broad SMARTS) is 1. The molecule has 1 unspecified atom stereocenters. The lowest BCUT2D eigenvalue weighted by Crippen LogP contribution is -2.57. The van der Waals surface area contributed by atoms with Crippen LogP contribution in [0.15, 0.2) is 48.5 Å². The zero-order valence-electron chi connectivity index (χ0n) is 19.0. The van der Waals surface area contributed by atoms with Crippen LogP contribution in [-0.2, 0) is 14.3 Å². The third-order valence-corrected chi connectivity index (χ3v) is 6.88. The van der Waals surface area contributed by atoms with Crippen LogP contribution >= 0.6 is 0 Å². The van der Waals surface area contributed by atoms with Crippen LogP contribution in [0.1, 0.15) is 56.6 Å². The summed E-state index contributed by atoms with van der Waals surface area (Å²) in [6.07, 6.45) is 1.43. The number of ether oxygens (including phenoxy) is 1. The first kappa shape index (κ1) is 22.8. The number of alkyl carbamates (subject to hydrolysis) is 1. The molecule has 2 N–H and O–H groups in total. The van der Waals surface area contributed by atoms with E-state index < -0.39 is 23.6 Å². The highest BCUT2D eigenvalue weighted by atomic mass is 16.5. The van der Waals surface area contributed by atoms with Gasteiger partial charge in [0.05, 0.1) is 0 Å². The molecule has 2 aromatic rings. The van der Waals surface area contributed by atoms with Gasteiger partial charge >= 0.3 is 12.1 Å². The first-order valence-corrected chi connectivity index (χ1v) is 11.5. The molecular formula is C26H30N2O5. The van der Waals surface area contributed by atoms with E-state index in [1.165, 1.54) is 4.90 Å². The maximum Gasteiger partial charge on any atom is 0.407 e. The molecule has 33 heavy (non-hydrogen) atoms. The van der Waals surface area contributed by atoms with E-state index in [1.807, 2.05) is 43.3 Å². The Morgan fingerprint density at radius 1 is 1.12 bits per heavy atom. The Labute approximate surface area is 193 Å². The highest BCUT2D eigenvalue weighted by Gasteiger charge is 2.47. The number of fused-ring (bicyclic) bond motifs is 3. The normalized spacial score (nSPS) is 20.1. The van der Waals surface area contributed by atoms with E-state index in [0.717, 1.165) is 22.3 Å². The second-order valence-corrected chi connectivity index (χ2v) is 8.98. The second kappa shape index (κ2) is 9.25. The van der Waals surface area contributed by atoms with Crippen molar-refractivity contribution in [1.29, 1.82) is 0 Å². The molecule has 7 nitrogen and oxygen atoms in total. The molecule has 1 saturated heterocycles. The molecule has 2 atom stereocenters. The number of likely N-dealkylation sites (tertiary alicyclic amines) is 1. The molecule has 2 aromatic carbocycles. The number of aliphatic carboxylic acids is 1. The summed E-state index contributed by atoms with van der Waals surface area (Å²) in [5, 5.41) is 12.3. The second-order valence-electron chi connectivity index (χ2n) is 8.98. The van der Waals surface area contributed by atoms with Crippen LogP contribution in [0.4, 0.5) is 4.79 Å². The average molecular weight is 451 g/mol. The average Bonchev–Trinajstić information content (AvgIpc) is 3.36. The zero-order chi connectivity index (χ0) is 23.6. The van der Waals surface area contributed by atoms with Crippen LogP contribution in [0.25, 0.3) is 11.1 Å². The highest BCUT2D eigenvalue weighted by molar-refractivity contribution is 5.91. The monoisotopic (exact) mass is 450 g/mol. The van der Waals surface area contributed by atoms with Gasteiger partial charge < -0.3 is 20.1 Å². The molecule has 2 amide bonds. The lowest BCUT2D eigenvalue weighted by molar-refractivity contribution is -0.156. The van der Waals surface area contributed by atoms with Crippen LogP contribution in [0.2, 0.25) is 0 Å². The van der Waals surface area contributed by atoms with Crippen LogP contribution in [0.3, 0.4) is 0 Å². The van der Waals surface area contributed by atoms with Crippen LogP contribution in [0, 0.1) is 0 Å². The van der Waals surface area contributed by atoms with Gasteiger partial charge in [0.15, 0.2) is 0 Å². The molecule has 1 aliphatic carbocycles. The molecule has 0 radical (unpaired) electrons. The fourth-order valence-corrected chi connectivity index (χ4v) is 5.06. The Balaban J connectivity index is 1.44. The summed E-state index contributed by atoms with van der Waals surface area (Å²) in [6.45, 7) is 4.01. The maximum absolute atomic E-state index is 13.2. The Hall–Kier alpha value is -3.35. The Kier molecular flexibility index (Phi) is 6.40. The third kappa shape index (κ3) is 4.19. The number of benzene rings is 2. The molecule has 4 rings (SSSR count). The first-order valence-electron chi connectivity index (χ1n) is 11.5. The molecule has 0 saturated carbocycles. The van der Waals surface area contributed by atoms with Crippen molar-refractivity contribution < 1.29 is 24.2 Å². The van der Waals surface area contributed by atoms with Crippen molar-refractivity contribution in [2.24, 2.45) is 0 Å².